The Bertz CT molecular complexity index is 1330. The number of anilines is 2. The number of hydrogen-bond donors (Lipinski definition) is 1. The number of piperazine rings is 1. The Hall–Kier alpha value is -3.39. The first-order chi connectivity index (χ1) is 17.2. The van der Waals surface area contributed by atoms with Crippen LogP contribution in [0.2, 0.25) is 0 Å². The van der Waals surface area contributed by atoms with Gasteiger partial charge in [0.15, 0.2) is 5.82 Å². The Kier molecular flexibility index (Phi) is 5.90. The van der Waals surface area contributed by atoms with Crippen LogP contribution in [0.4, 0.5) is 10.9 Å². The lowest BCUT2D eigenvalue weighted by Gasteiger charge is -2.34. The summed E-state index contributed by atoms with van der Waals surface area (Å²) in [6.45, 7) is 4.92. The van der Waals surface area contributed by atoms with Crippen molar-refractivity contribution in [3.63, 3.8) is 0 Å². The summed E-state index contributed by atoms with van der Waals surface area (Å²) in [5.74, 6) is 1.11. The SMILES string of the molecule is Cc1ccccc1C(=O)N1CCN(c2nn3c(NC4CCCC4)c(-c4ccccc4)nc3s2)CC1. The van der Waals surface area contributed by atoms with E-state index in [1.54, 1.807) is 11.3 Å². The van der Waals surface area contributed by atoms with Gasteiger partial charge in [0.25, 0.3) is 5.91 Å². The number of carbonyl (C=O) groups excluding carboxylic acids is 1. The summed E-state index contributed by atoms with van der Waals surface area (Å²) in [6, 6.07) is 18.7. The molecule has 0 unspecified atom stereocenters. The summed E-state index contributed by atoms with van der Waals surface area (Å²) in [5, 5.41) is 9.73. The lowest BCUT2D eigenvalue weighted by atomic mass is 10.1. The van der Waals surface area contributed by atoms with E-state index in [-0.39, 0.29) is 5.91 Å². The van der Waals surface area contributed by atoms with E-state index in [0.717, 1.165) is 51.4 Å². The van der Waals surface area contributed by atoms with E-state index < -0.39 is 0 Å². The van der Waals surface area contributed by atoms with E-state index in [2.05, 4.69) is 34.5 Å². The largest absolute Gasteiger partial charge is 0.365 e. The van der Waals surface area contributed by atoms with Crippen LogP contribution >= 0.6 is 11.3 Å². The zero-order valence-corrected chi connectivity index (χ0v) is 20.8. The molecule has 2 aliphatic rings. The molecular formula is C27H30N6OS. The van der Waals surface area contributed by atoms with Gasteiger partial charge in [-0.15, -0.1) is 5.10 Å². The number of nitrogens with one attached hydrogen (secondary N) is 1. The molecule has 0 spiro atoms. The van der Waals surface area contributed by atoms with Crippen LogP contribution in [-0.2, 0) is 0 Å². The Morgan fingerprint density at radius 3 is 2.43 bits per heavy atom. The van der Waals surface area contributed by atoms with Crippen LogP contribution in [0, 0.1) is 6.92 Å². The first kappa shape index (κ1) is 22.1. The van der Waals surface area contributed by atoms with Crippen molar-refractivity contribution in [1.29, 1.82) is 0 Å². The monoisotopic (exact) mass is 486 g/mol. The smallest absolute Gasteiger partial charge is 0.254 e. The van der Waals surface area contributed by atoms with Crippen LogP contribution in [0.5, 0.6) is 0 Å². The van der Waals surface area contributed by atoms with Crippen LogP contribution in [-0.4, -0.2) is 57.6 Å². The molecule has 7 nitrogen and oxygen atoms in total. The van der Waals surface area contributed by atoms with E-state index >= 15 is 0 Å². The highest BCUT2D eigenvalue weighted by atomic mass is 32.1. The Balaban J connectivity index is 1.23. The molecule has 2 aromatic carbocycles. The molecule has 1 amide bonds. The first-order valence-corrected chi connectivity index (χ1v) is 13.3. The second-order valence-corrected chi connectivity index (χ2v) is 10.4. The molecular weight excluding hydrogens is 456 g/mol. The van der Waals surface area contributed by atoms with Crippen LogP contribution in [0.15, 0.2) is 54.6 Å². The van der Waals surface area contributed by atoms with Gasteiger partial charge in [0, 0.05) is 43.3 Å². The minimum atomic E-state index is 0.118. The zero-order valence-electron chi connectivity index (χ0n) is 20.0. The number of benzene rings is 2. The Labute approximate surface area is 209 Å². The number of aryl methyl sites for hydroxylation is 1. The van der Waals surface area contributed by atoms with Gasteiger partial charge >= 0.3 is 0 Å². The molecule has 0 radical (unpaired) electrons. The molecule has 0 atom stereocenters. The molecule has 6 rings (SSSR count). The summed E-state index contributed by atoms with van der Waals surface area (Å²) >= 11 is 1.62. The fourth-order valence-electron chi connectivity index (χ4n) is 5.14. The predicted octanol–water partition coefficient (Wildman–Crippen LogP) is 5.08. The van der Waals surface area contributed by atoms with Crippen molar-refractivity contribution in [3.8, 4) is 11.3 Å². The summed E-state index contributed by atoms with van der Waals surface area (Å²) < 4.78 is 1.99. The van der Waals surface area contributed by atoms with E-state index in [9.17, 15) is 4.79 Å². The summed E-state index contributed by atoms with van der Waals surface area (Å²) in [4.78, 5) is 23.2. The number of carbonyl (C=O) groups is 1. The molecule has 3 heterocycles. The van der Waals surface area contributed by atoms with Gasteiger partial charge < -0.3 is 15.1 Å². The van der Waals surface area contributed by atoms with Gasteiger partial charge in [0.05, 0.1) is 0 Å². The fourth-order valence-corrected chi connectivity index (χ4v) is 6.09. The fraction of sp³-hybridized carbons (Fsp3) is 0.370. The average Bonchev–Trinajstić information content (AvgIpc) is 3.63. The number of hydrogen-bond acceptors (Lipinski definition) is 6. The lowest BCUT2D eigenvalue weighted by molar-refractivity contribution is 0.0746. The third kappa shape index (κ3) is 4.27. The lowest BCUT2D eigenvalue weighted by Crippen LogP contribution is -2.49. The molecule has 0 bridgehead atoms. The van der Waals surface area contributed by atoms with Crippen LogP contribution in [0.1, 0.15) is 41.6 Å². The second kappa shape index (κ2) is 9.34. The van der Waals surface area contributed by atoms with Crippen LogP contribution in [0.25, 0.3) is 16.2 Å². The third-order valence-electron chi connectivity index (χ3n) is 7.15. The van der Waals surface area contributed by atoms with Crippen molar-refractivity contribution in [2.75, 3.05) is 36.4 Å². The molecule has 35 heavy (non-hydrogen) atoms. The summed E-state index contributed by atoms with van der Waals surface area (Å²) in [5.41, 5.74) is 3.90. The van der Waals surface area contributed by atoms with Crippen molar-refractivity contribution >= 4 is 33.2 Å². The van der Waals surface area contributed by atoms with Gasteiger partial charge in [0.1, 0.15) is 5.69 Å². The van der Waals surface area contributed by atoms with E-state index in [4.69, 9.17) is 10.1 Å². The standard InChI is InChI=1S/C27H30N6OS/c1-19-9-5-8-14-22(19)25(34)31-15-17-32(18-16-31)27-30-33-24(28-21-12-6-7-13-21)23(29-26(33)35-27)20-10-3-2-4-11-20/h2-5,8-11,14,21,28H,6-7,12-13,15-18H2,1H3. The van der Waals surface area contributed by atoms with Crippen molar-refractivity contribution in [2.45, 2.75) is 38.6 Å². The highest BCUT2D eigenvalue weighted by Crippen LogP contribution is 2.35. The van der Waals surface area contributed by atoms with Crippen molar-refractivity contribution < 1.29 is 4.79 Å². The molecule has 2 fully saturated rings. The average molecular weight is 487 g/mol. The maximum Gasteiger partial charge on any atom is 0.254 e. The Morgan fingerprint density at radius 1 is 0.971 bits per heavy atom. The van der Waals surface area contributed by atoms with Crippen molar-refractivity contribution in [3.05, 3.63) is 65.7 Å². The van der Waals surface area contributed by atoms with Gasteiger partial charge in [-0.25, -0.2) is 4.98 Å². The molecule has 1 aliphatic heterocycles. The predicted molar refractivity (Wildman–Crippen MR) is 141 cm³/mol. The van der Waals surface area contributed by atoms with Crippen molar-refractivity contribution in [1.82, 2.24) is 19.5 Å². The van der Waals surface area contributed by atoms with Crippen LogP contribution in [0.3, 0.4) is 0 Å². The molecule has 1 saturated carbocycles. The van der Waals surface area contributed by atoms with E-state index in [0.29, 0.717) is 19.1 Å². The number of aromatic nitrogens is 3. The maximum absolute atomic E-state index is 13.0. The minimum Gasteiger partial charge on any atom is -0.365 e. The molecule has 4 aromatic rings. The topological polar surface area (TPSA) is 65.8 Å². The zero-order chi connectivity index (χ0) is 23.8. The Morgan fingerprint density at radius 2 is 1.69 bits per heavy atom. The maximum atomic E-state index is 13.0. The molecule has 8 heteroatoms. The molecule has 1 aliphatic carbocycles. The van der Waals surface area contributed by atoms with Gasteiger partial charge in [0.2, 0.25) is 10.1 Å². The van der Waals surface area contributed by atoms with E-state index in [1.165, 1.54) is 25.7 Å². The van der Waals surface area contributed by atoms with Crippen LogP contribution < -0.4 is 10.2 Å². The molecule has 2 aromatic heterocycles. The normalized spacial score (nSPS) is 16.8. The molecule has 180 valence electrons. The van der Waals surface area contributed by atoms with Gasteiger partial charge in [-0.05, 0) is 31.4 Å². The quantitative estimate of drug-likeness (QED) is 0.426. The van der Waals surface area contributed by atoms with Gasteiger partial charge in [-0.1, -0.05) is 72.7 Å². The number of fused-ring (bicyclic) bond motifs is 1. The summed E-state index contributed by atoms with van der Waals surface area (Å²) in [7, 11) is 0. The minimum absolute atomic E-state index is 0.118. The number of imidazole rings is 1. The van der Waals surface area contributed by atoms with Gasteiger partial charge in [-0.2, -0.15) is 4.52 Å². The molecule has 1 saturated heterocycles. The first-order valence-electron chi connectivity index (χ1n) is 12.5. The number of amides is 1. The van der Waals surface area contributed by atoms with E-state index in [1.807, 2.05) is 46.7 Å². The molecule has 1 N–H and O–H groups in total. The third-order valence-corrected chi connectivity index (χ3v) is 8.12. The number of rotatable bonds is 5. The van der Waals surface area contributed by atoms with Gasteiger partial charge in [-0.3, -0.25) is 4.79 Å². The second-order valence-electron chi connectivity index (χ2n) is 9.47. The van der Waals surface area contributed by atoms with Crippen molar-refractivity contribution in [2.24, 2.45) is 0 Å². The highest BCUT2D eigenvalue weighted by molar-refractivity contribution is 7.20. The summed E-state index contributed by atoms with van der Waals surface area (Å²) in [6.07, 6.45) is 4.92. The highest BCUT2D eigenvalue weighted by Gasteiger charge is 2.27. The number of nitrogens with zero attached hydrogens (tertiary/aromatic N) is 5.